The van der Waals surface area contributed by atoms with E-state index in [1.807, 2.05) is 0 Å². The van der Waals surface area contributed by atoms with Crippen LogP contribution < -0.4 is 15.5 Å². The van der Waals surface area contributed by atoms with Crippen molar-refractivity contribution in [3.8, 4) is 0 Å². The highest BCUT2D eigenvalue weighted by Gasteiger charge is 2.26. The molecule has 128 valence electrons. The lowest BCUT2D eigenvalue weighted by Gasteiger charge is -2.33. The van der Waals surface area contributed by atoms with Gasteiger partial charge in [0.25, 0.3) is 0 Å². The third-order valence-electron chi connectivity index (χ3n) is 4.38. The minimum Gasteiger partial charge on any atom is -0.463 e. The first-order valence-corrected chi connectivity index (χ1v) is 8.37. The predicted octanol–water partition coefficient (Wildman–Crippen LogP) is 1.88. The first kappa shape index (κ1) is 16.4. The highest BCUT2D eigenvalue weighted by Crippen LogP contribution is 2.28. The number of benzene rings is 1. The van der Waals surface area contributed by atoms with Crippen molar-refractivity contribution in [2.45, 2.75) is 26.7 Å². The van der Waals surface area contributed by atoms with Crippen LogP contribution in [0, 0.1) is 6.92 Å². The lowest BCUT2D eigenvalue weighted by molar-refractivity contribution is -0.138. The second kappa shape index (κ2) is 6.95. The van der Waals surface area contributed by atoms with Crippen LogP contribution >= 0.6 is 0 Å². The summed E-state index contributed by atoms with van der Waals surface area (Å²) in [6.45, 7) is 5.78. The van der Waals surface area contributed by atoms with Crippen LogP contribution in [-0.4, -0.2) is 38.2 Å². The molecular weight excluding hydrogens is 306 g/mol. The highest BCUT2D eigenvalue weighted by molar-refractivity contribution is 5.93. The molecule has 0 aromatic heterocycles. The number of amides is 2. The summed E-state index contributed by atoms with van der Waals surface area (Å²) in [5.74, 6) is -0.374. The van der Waals surface area contributed by atoms with Crippen LogP contribution in [0.15, 0.2) is 29.5 Å². The van der Waals surface area contributed by atoms with E-state index in [1.54, 1.807) is 6.92 Å². The van der Waals surface area contributed by atoms with Gasteiger partial charge in [0, 0.05) is 12.2 Å². The quantitative estimate of drug-likeness (QED) is 0.828. The van der Waals surface area contributed by atoms with Crippen molar-refractivity contribution < 1.29 is 14.3 Å². The molecule has 3 rings (SSSR count). The zero-order chi connectivity index (χ0) is 17.1. The number of urea groups is 1. The molecule has 2 heterocycles. The molecule has 0 fully saturated rings. The van der Waals surface area contributed by atoms with Gasteiger partial charge in [0.05, 0.1) is 31.0 Å². The molecule has 1 aromatic carbocycles. The topological polar surface area (TPSA) is 70.7 Å². The van der Waals surface area contributed by atoms with E-state index in [0.29, 0.717) is 24.4 Å². The molecule has 0 radical (unpaired) electrons. The van der Waals surface area contributed by atoms with Gasteiger partial charge in [-0.3, -0.25) is 0 Å². The number of carbonyl (C=O) groups excluding carboxylic acids is 2. The lowest BCUT2D eigenvalue weighted by Crippen LogP contribution is -2.47. The van der Waals surface area contributed by atoms with E-state index >= 15 is 0 Å². The molecule has 6 nitrogen and oxygen atoms in total. The van der Waals surface area contributed by atoms with Crippen molar-refractivity contribution >= 4 is 17.7 Å². The molecule has 0 bridgehead atoms. The van der Waals surface area contributed by atoms with Crippen LogP contribution in [0.5, 0.6) is 0 Å². The number of anilines is 1. The molecular formula is C18H23N3O3. The molecule has 0 unspecified atom stereocenters. The first-order chi connectivity index (χ1) is 11.6. The SMILES string of the molecule is CCOC(=O)C1=C(CN2CCCc3cc(C)ccc32)NC(=O)NC1. The minimum atomic E-state index is -0.374. The Hall–Kier alpha value is -2.50. The van der Waals surface area contributed by atoms with E-state index in [2.05, 4.69) is 40.7 Å². The normalized spacial score (nSPS) is 17.1. The summed E-state index contributed by atoms with van der Waals surface area (Å²) >= 11 is 0. The number of nitrogens with zero attached hydrogens (tertiary/aromatic N) is 1. The summed E-state index contributed by atoms with van der Waals surface area (Å²) in [4.78, 5) is 26.1. The Labute approximate surface area is 141 Å². The number of rotatable bonds is 4. The number of hydrogen-bond acceptors (Lipinski definition) is 4. The average Bonchev–Trinajstić information content (AvgIpc) is 2.55. The van der Waals surface area contributed by atoms with Gasteiger partial charge in [-0.05, 0) is 38.3 Å². The summed E-state index contributed by atoms with van der Waals surface area (Å²) in [7, 11) is 0. The number of aryl methyl sites for hydroxylation is 2. The Balaban J connectivity index is 1.88. The summed E-state index contributed by atoms with van der Waals surface area (Å²) in [5.41, 5.74) is 4.87. The maximum atomic E-state index is 12.2. The fourth-order valence-corrected chi connectivity index (χ4v) is 3.24. The van der Waals surface area contributed by atoms with E-state index in [-0.39, 0.29) is 18.5 Å². The van der Waals surface area contributed by atoms with Gasteiger partial charge < -0.3 is 20.3 Å². The Bertz CT molecular complexity index is 697. The molecule has 0 saturated heterocycles. The molecule has 0 aliphatic carbocycles. The van der Waals surface area contributed by atoms with Crippen LogP contribution in [-0.2, 0) is 16.0 Å². The average molecular weight is 329 g/mol. The summed E-state index contributed by atoms with van der Waals surface area (Å²) < 4.78 is 5.11. The van der Waals surface area contributed by atoms with Crippen molar-refractivity contribution in [1.29, 1.82) is 0 Å². The van der Waals surface area contributed by atoms with E-state index in [4.69, 9.17) is 4.74 Å². The third-order valence-corrected chi connectivity index (χ3v) is 4.38. The number of hydrogen-bond donors (Lipinski definition) is 2. The molecule has 6 heteroatoms. The van der Waals surface area contributed by atoms with Crippen LogP contribution in [0.1, 0.15) is 24.5 Å². The summed E-state index contributed by atoms with van der Waals surface area (Å²) in [6, 6.07) is 6.15. The monoisotopic (exact) mass is 329 g/mol. The fraction of sp³-hybridized carbons (Fsp3) is 0.444. The maximum Gasteiger partial charge on any atom is 0.337 e. The van der Waals surface area contributed by atoms with E-state index < -0.39 is 0 Å². The molecule has 0 atom stereocenters. The van der Waals surface area contributed by atoms with Crippen LogP contribution in [0.4, 0.5) is 10.5 Å². The number of ether oxygens (including phenoxy) is 1. The zero-order valence-electron chi connectivity index (χ0n) is 14.1. The first-order valence-electron chi connectivity index (χ1n) is 8.37. The maximum absolute atomic E-state index is 12.2. The molecule has 2 aliphatic rings. The lowest BCUT2D eigenvalue weighted by atomic mass is 9.99. The molecule has 0 spiro atoms. The Kier molecular flexibility index (Phi) is 4.74. The van der Waals surface area contributed by atoms with Gasteiger partial charge in [-0.25, -0.2) is 9.59 Å². The van der Waals surface area contributed by atoms with Crippen molar-refractivity contribution in [1.82, 2.24) is 10.6 Å². The molecule has 2 amide bonds. The standard InChI is InChI=1S/C18H23N3O3/c1-3-24-17(22)14-10-19-18(23)20-15(14)11-21-8-4-5-13-9-12(2)6-7-16(13)21/h6-7,9H,3-5,8,10-11H2,1-2H3,(H2,19,20,23). The van der Waals surface area contributed by atoms with Gasteiger partial charge in [0.2, 0.25) is 0 Å². The third kappa shape index (κ3) is 3.37. The zero-order valence-corrected chi connectivity index (χ0v) is 14.1. The van der Waals surface area contributed by atoms with Gasteiger partial charge >= 0.3 is 12.0 Å². The Morgan fingerprint density at radius 3 is 3.00 bits per heavy atom. The molecule has 1 aromatic rings. The predicted molar refractivity (Wildman–Crippen MR) is 91.9 cm³/mol. The van der Waals surface area contributed by atoms with Crippen molar-refractivity contribution in [2.24, 2.45) is 0 Å². The van der Waals surface area contributed by atoms with Crippen LogP contribution in [0.3, 0.4) is 0 Å². The number of fused-ring (bicyclic) bond motifs is 1. The van der Waals surface area contributed by atoms with E-state index in [0.717, 1.165) is 19.4 Å². The molecule has 2 aliphatic heterocycles. The molecule has 0 saturated carbocycles. The Morgan fingerprint density at radius 2 is 2.21 bits per heavy atom. The van der Waals surface area contributed by atoms with Crippen molar-refractivity contribution in [2.75, 3.05) is 31.1 Å². The second-order valence-corrected chi connectivity index (χ2v) is 6.14. The summed E-state index contributed by atoms with van der Waals surface area (Å²) in [5, 5.41) is 5.42. The minimum absolute atomic E-state index is 0.203. The smallest absolute Gasteiger partial charge is 0.337 e. The van der Waals surface area contributed by atoms with Gasteiger partial charge in [-0.1, -0.05) is 17.7 Å². The highest BCUT2D eigenvalue weighted by atomic mass is 16.5. The van der Waals surface area contributed by atoms with Gasteiger partial charge in [0.1, 0.15) is 0 Å². The van der Waals surface area contributed by atoms with Crippen molar-refractivity contribution in [3.63, 3.8) is 0 Å². The van der Waals surface area contributed by atoms with Crippen LogP contribution in [0.2, 0.25) is 0 Å². The summed E-state index contributed by atoms with van der Waals surface area (Å²) in [6.07, 6.45) is 2.12. The number of esters is 1. The van der Waals surface area contributed by atoms with Gasteiger partial charge in [-0.15, -0.1) is 0 Å². The van der Waals surface area contributed by atoms with E-state index in [9.17, 15) is 9.59 Å². The Morgan fingerprint density at radius 1 is 1.38 bits per heavy atom. The number of nitrogens with one attached hydrogen (secondary N) is 2. The van der Waals surface area contributed by atoms with Crippen molar-refractivity contribution in [3.05, 3.63) is 40.6 Å². The largest absolute Gasteiger partial charge is 0.463 e. The fourth-order valence-electron chi connectivity index (χ4n) is 3.24. The van der Waals surface area contributed by atoms with Gasteiger partial charge in [0.15, 0.2) is 0 Å². The van der Waals surface area contributed by atoms with Gasteiger partial charge in [-0.2, -0.15) is 0 Å². The van der Waals surface area contributed by atoms with E-state index in [1.165, 1.54) is 16.8 Å². The molecule has 24 heavy (non-hydrogen) atoms. The second-order valence-electron chi connectivity index (χ2n) is 6.14. The number of carbonyl (C=O) groups is 2. The van der Waals surface area contributed by atoms with Crippen LogP contribution in [0.25, 0.3) is 0 Å². The molecule has 2 N–H and O–H groups in total.